The molecule has 0 bridgehead atoms. The van der Waals surface area contributed by atoms with Crippen LogP contribution in [0.4, 0.5) is 0 Å². The fraction of sp³-hybridized carbons (Fsp3) is 0. The highest BCUT2D eigenvalue weighted by Crippen LogP contribution is 0.713. The van der Waals surface area contributed by atoms with Gasteiger partial charge in [0.2, 0.25) is 0 Å². The van der Waals surface area contributed by atoms with Crippen molar-refractivity contribution < 1.29 is 158 Å². The average Bonchev–Trinajstić information content (AvgIpc) is 1.50. The van der Waals surface area contributed by atoms with Gasteiger partial charge < -0.3 is 137 Å². The molecule has 0 fully saturated rings. The van der Waals surface area contributed by atoms with Crippen molar-refractivity contribution in [2.24, 2.45) is 0 Å². The first-order valence-electron chi connectivity index (χ1n) is 0.400. The second-order valence-corrected chi connectivity index (χ2v) is 0. The Bertz CT molecular complexity index is 0. The van der Waals surface area contributed by atoms with Gasteiger partial charge in [0, 0.05) is 0 Å². The molecular formula is H54O29. The quantitative estimate of drug-likeness (QED) is 0.179. The highest BCUT2D eigenvalue weighted by molar-refractivity contribution is 1.83. The Kier molecular flexibility index (Phi) is 13100000. The summed E-state index contributed by atoms with van der Waals surface area (Å²) in [6, 6.07) is 0. The molecule has 0 radical (unpaired) electrons. The molecule has 0 spiro atoms. The van der Waals surface area contributed by atoms with Crippen molar-refractivity contribution in [3.05, 3.63) is 0 Å². The molecule has 54 N–H and O–H groups in total. The molecule has 0 atom stereocenters. The van der Waals surface area contributed by atoms with Gasteiger partial charge in [0.05, 0.1) is 0 Å². The summed E-state index contributed by atoms with van der Waals surface area (Å²) in [5.74, 6) is 0. The Balaban J connectivity index is -0.0000000000593. The third kappa shape index (κ3) is 12300. The maximum atomic E-state index is 6.00. The summed E-state index contributed by atoms with van der Waals surface area (Å²) in [5.41, 5.74) is 0. The highest BCUT2D eigenvalue weighted by atomic mass is 17.0. The van der Waals surface area contributed by atoms with Gasteiger partial charge in [-0.25, -0.2) is 0 Å². The summed E-state index contributed by atoms with van der Waals surface area (Å²) in [7, 11) is 0. The number of hydrogen-bond acceptors (Lipinski definition) is 4. The lowest BCUT2D eigenvalue weighted by Crippen LogP contribution is -1.29. The van der Waals surface area contributed by atoms with Crippen LogP contribution in [0.25, 0.3) is 0 Å². The van der Waals surface area contributed by atoms with Crippen LogP contribution in [-0.4, -0.2) is 158 Å². The zero-order valence-electron chi connectivity index (χ0n) is 14.3. The van der Waals surface area contributed by atoms with Crippen molar-refractivity contribution >= 4 is 0 Å². The average molecular weight is 518 g/mol. The Hall–Kier alpha value is -1.16. The minimum atomic E-state index is 0. The standard InChI is InChI=1S/2H2O2.25H2O/c2*1-2;;;;;;;;;;;;;;;;;;;;;;;;;/h2*1-2H;25*1H2. The predicted octanol–water partition coefficient (Wildman–Crippen LogP) is -20.6. The van der Waals surface area contributed by atoms with Crippen LogP contribution in [0.15, 0.2) is 0 Å². The van der Waals surface area contributed by atoms with Gasteiger partial charge in [0.1, 0.15) is 0 Å². The van der Waals surface area contributed by atoms with Crippen molar-refractivity contribution in [3.8, 4) is 0 Å². The fourth-order valence-corrected chi connectivity index (χ4v) is 0. The van der Waals surface area contributed by atoms with Crippen LogP contribution in [0.1, 0.15) is 0 Å². The zero-order chi connectivity index (χ0) is 4.00. The Morgan fingerprint density at radius 3 is 0.103 bits per heavy atom. The van der Waals surface area contributed by atoms with Gasteiger partial charge in [-0.2, -0.15) is 0 Å². The SMILES string of the molecule is O.O.O.O.O.O.O.O.O.O.O.O.O.O.O.O.O.O.O.O.O.O.O.O.O.OO.OO. The summed E-state index contributed by atoms with van der Waals surface area (Å²) in [6.07, 6.45) is 0. The molecule has 29 nitrogen and oxygen atoms in total. The molecule has 0 unspecified atom stereocenters. The molecule has 0 saturated carbocycles. The van der Waals surface area contributed by atoms with Gasteiger partial charge in [-0.3, -0.25) is 21.0 Å². The third-order valence-corrected chi connectivity index (χ3v) is 0. The van der Waals surface area contributed by atoms with Gasteiger partial charge in [0.25, 0.3) is 0 Å². The van der Waals surface area contributed by atoms with E-state index in [1.807, 2.05) is 0 Å². The van der Waals surface area contributed by atoms with E-state index in [1.165, 1.54) is 0 Å². The highest BCUT2D eigenvalue weighted by Gasteiger charge is 0.748. The van der Waals surface area contributed by atoms with E-state index < -0.39 is 0 Å². The van der Waals surface area contributed by atoms with Gasteiger partial charge >= 0.3 is 0 Å². The van der Waals surface area contributed by atoms with Gasteiger partial charge in [-0.1, -0.05) is 0 Å². The van der Waals surface area contributed by atoms with Crippen LogP contribution in [-0.2, 0) is 0 Å². The Labute approximate surface area is 159 Å². The lowest BCUT2D eigenvalue weighted by molar-refractivity contribution is -0.176. The lowest BCUT2D eigenvalue weighted by atomic mass is 15.0. The normalized spacial score (nSPS) is 0.414. The topological polar surface area (TPSA) is 868 Å². The van der Waals surface area contributed by atoms with Crippen LogP contribution in [0.2, 0.25) is 0 Å². The molecule has 0 amide bonds. The van der Waals surface area contributed by atoms with E-state index in [0.717, 1.165) is 0 Å². The Morgan fingerprint density at radius 1 is 0.103 bits per heavy atom. The second-order valence-electron chi connectivity index (χ2n) is 0. The summed E-state index contributed by atoms with van der Waals surface area (Å²) in [4.78, 5) is 0. The van der Waals surface area contributed by atoms with E-state index in [-0.39, 0.29) is 137 Å². The maximum absolute atomic E-state index is 6.00. The van der Waals surface area contributed by atoms with Crippen molar-refractivity contribution in [2.45, 2.75) is 0 Å². The summed E-state index contributed by atoms with van der Waals surface area (Å²) in [6.45, 7) is 0. The molecule has 0 aromatic heterocycles. The van der Waals surface area contributed by atoms with E-state index >= 15 is 0 Å². The van der Waals surface area contributed by atoms with E-state index in [1.54, 1.807) is 0 Å². The molecule has 0 rings (SSSR count). The fourth-order valence-electron chi connectivity index (χ4n) is 0. The van der Waals surface area contributed by atoms with Crippen molar-refractivity contribution in [2.75, 3.05) is 0 Å². The lowest BCUT2D eigenvalue weighted by Gasteiger charge is -1.25. The number of hydrogen-bond donors (Lipinski definition) is 4. The minimum Gasteiger partial charge on any atom is -0.412 e. The largest absolute Gasteiger partial charge is 0.412 e. The third-order valence-electron chi connectivity index (χ3n) is 0. The van der Waals surface area contributed by atoms with Gasteiger partial charge in [0.15, 0.2) is 0 Å². The minimum absolute atomic E-state index is 0. The first-order valence-corrected chi connectivity index (χ1v) is 0.400. The molecule has 29 heteroatoms. The monoisotopic (exact) mass is 518 g/mol. The zero-order valence-corrected chi connectivity index (χ0v) is 14.3. The van der Waals surface area contributed by atoms with E-state index in [2.05, 4.69) is 0 Å². The summed E-state index contributed by atoms with van der Waals surface area (Å²) < 4.78 is 0. The molecule has 0 aromatic carbocycles. The van der Waals surface area contributed by atoms with E-state index in [4.69, 9.17) is 21.0 Å². The van der Waals surface area contributed by atoms with Gasteiger partial charge in [-0.15, -0.1) is 0 Å². The molecule has 0 aliphatic heterocycles. The predicted molar refractivity (Wildman–Crippen MR) is 101 cm³/mol. The first-order chi connectivity index (χ1) is 2.00. The van der Waals surface area contributed by atoms with Crippen LogP contribution < -0.4 is 0 Å². The Morgan fingerprint density at radius 2 is 0.103 bits per heavy atom. The van der Waals surface area contributed by atoms with Crippen LogP contribution in [0, 0.1) is 0 Å². The van der Waals surface area contributed by atoms with Crippen molar-refractivity contribution in [1.29, 1.82) is 0 Å². The molecule has 0 heterocycles. The molecule has 0 aliphatic carbocycles. The second kappa shape index (κ2) is 13300. The molecule has 228 valence electrons. The maximum Gasteiger partial charge on any atom is -0.255 e. The summed E-state index contributed by atoms with van der Waals surface area (Å²) >= 11 is 0. The first kappa shape index (κ1) is 28400. The van der Waals surface area contributed by atoms with E-state index in [0.29, 0.717) is 0 Å². The number of rotatable bonds is 0. The van der Waals surface area contributed by atoms with E-state index in [9.17, 15) is 0 Å². The van der Waals surface area contributed by atoms with Crippen LogP contribution in [0.3, 0.4) is 0 Å². The molecule has 0 aliphatic rings. The molecule has 0 saturated heterocycles. The molecule has 29 heavy (non-hydrogen) atoms. The van der Waals surface area contributed by atoms with Crippen molar-refractivity contribution in [1.82, 2.24) is 0 Å². The summed E-state index contributed by atoms with van der Waals surface area (Å²) in [5, 5.41) is 24.0. The van der Waals surface area contributed by atoms with Crippen LogP contribution in [0.5, 0.6) is 0 Å². The van der Waals surface area contributed by atoms with Crippen LogP contribution >= 0.6 is 0 Å². The van der Waals surface area contributed by atoms with Crippen molar-refractivity contribution in [3.63, 3.8) is 0 Å². The molecule has 0 aromatic rings. The smallest absolute Gasteiger partial charge is 0.255 e. The molecular weight excluding hydrogens is 464 g/mol. The van der Waals surface area contributed by atoms with Gasteiger partial charge in [-0.05, 0) is 0 Å².